The van der Waals surface area contributed by atoms with Crippen LogP contribution in [0.3, 0.4) is 0 Å². The summed E-state index contributed by atoms with van der Waals surface area (Å²) in [7, 11) is 0. The van der Waals surface area contributed by atoms with Crippen LogP contribution in [0.1, 0.15) is 19.0 Å². The van der Waals surface area contributed by atoms with Gasteiger partial charge in [-0.3, -0.25) is 4.79 Å². The van der Waals surface area contributed by atoms with Crippen molar-refractivity contribution < 1.29 is 4.79 Å². The Labute approximate surface area is 124 Å². The molecule has 1 amide bonds. The van der Waals surface area contributed by atoms with Gasteiger partial charge < -0.3 is 5.32 Å². The average molecular weight is 306 g/mol. The van der Waals surface area contributed by atoms with Crippen LogP contribution in [0.15, 0.2) is 22.9 Å². The molecule has 3 aromatic heterocycles. The van der Waals surface area contributed by atoms with E-state index in [1.54, 1.807) is 22.7 Å². The van der Waals surface area contributed by atoms with E-state index in [4.69, 9.17) is 0 Å². The van der Waals surface area contributed by atoms with Crippen LogP contribution in [0.2, 0.25) is 0 Å². The largest absolute Gasteiger partial charge is 0.356 e. The number of aromatic nitrogens is 3. The third-order valence-corrected chi connectivity index (χ3v) is 4.65. The van der Waals surface area contributed by atoms with Gasteiger partial charge in [0.15, 0.2) is 5.82 Å². The maximum Gasteiger partial charge on any atom is 0.219 e. The third kappa shape index (κ3) is 2.59. The van der Waals surface area contributed by atoms with Crippen molar-refractivity contribution in [1.82, 2.24) is 19.9 Å². The van der Waals surface area contributed by atoms with Crippen molar-refractivity contribution in [2.45, 2.75) is 19.8 Å². The summed E-state index contributed by atoms with van der Waals surface area (Å²) >= 11 is 3.21. The standard InChI is InChI=1S/C13H14N4OS2/c1-2-11(18)14-6-5-9-8-20-13-15-12(16-17(9)13)10-4-3-7-19-10/h3-4,7-8H,2,5-6H2,1H3,(H,14,18). The highest BCUT2D eigenvalue weighted by Gasteiger charge is 2.11. The second-order valence-corrected chi connectivity index (χ2v) is 6.07. The summed E-state index contributed by atoms with van der Waals surface area (Å²) in [5.74, 6) is 0.847. The van der Waals surface area contributed by atoms with Gasteiger partial charge in [-0.15, -0.1) is 27.8 Å². The van der Waals surface area contributed by atoms with Gasteiger partial charge in [0.25, 0.3) is 0 Å². The highest BCUT2D eigenvalue weighted by atomic mass is 32.1. The molecule has 0 aromatic carbocycles. The van der Waals surface area contributed by atoms with Gasteiger partial charge in [-0.1, -0.05) is 13.0 Å². The van der Waals surface area contributed by atoms with Crippen LogP contribution in [-0.2, 0) is 11.2 Å². The quantitative estimate of drug-likeness (QED) is 0.788. The molecule has 104 valence electrons. The first-order chi connectivity index (χ1) is 9.78. The Bertz CT molecular complexity index is 714. The minimum Gasteiger partial charge on any atom is -0.356 e. The Morgan fingerprint density at radius 3 is 3.10 bits per heavy atom. The van der Waals surface area contributed by atoms with Crippen LogP contribution in [0, 0.1) is 0 Å². The number of thiazole rings is 1. The smallest absolute Gasteiger partial charge is 0.219 e. The van der Waals surface area contributed by atoms with Gasteiger partial charge in [-0.05, 0) is 11.4 Å². The number of fused-ring (bicyclic) bond motifs is 1. The third-order valence-electron chi connectivity index (χ3n) is 2.92. The number of nitrogens with zero attached hydrogens (tertiary/aromatic N) is 3. The van der Waals surface area contributed by atoms with E-state index in [0.29, 0.717) is 13.0 Å². The van der Waals surface area contributed by atoms with Gasteiger partial charge in [0.05, 0.1) is 10.6 Å². The molecule has 0 saturated heterocycles. The van der Waals surface area contributed by atoms with E-state index in [1.807, 2.05) is 34.3 Å². The number of amides is 1. The van der Waals surface area contributed by atoms with Crippen molar-refractivity contribution in [3.8, 4) is 10.7 Å². The molecule has 5 nitrogen and oxygen atoms in total. The van der Waals surface area contributed by atoms with Gasteiger partial charge in [0.1, 0.15) is 0 Å². The molecular weight excluding hydrogens is 292 g/mol. The predicted octanol–water partition coefficient (Wildman–Crippen LogP) is 2.59. The molecular formula is C13H14N4OS2. The lowest BCUT2D eigenvalue weighted by molar-refractivity contribution is -0.120. The van der Waals surface area contributed by atoms with E-state index < -0.39 is 0 Å². The summed E-state index contributed by atoms with van der Waals surface area (Å²) < 4.78 is 1.87. The second-order valence-electron chi connectivity index (χ2n) is 4.29. The molecule has 20 heavy (non-hydrogen) atoms. The van der Waals surface area contributed by atoms with Gasteiger partial charge in [0.2, 0.25) is 10.9 Å². The van der Waals surface area contributed by atoms with Gasteiger partial charge in [-0.25, -0.2) is 4.52 Å². The number of carbonyl (C=O) groups excluding carboxylic acids is 1. The highest BCUT2D eigenvalue weighted by Crippen LogP contribution is 2.24. The SMILES string of the molecule is CCC(=O)NCCc1csc2nc(-c3cccs3)nn12. The molecule has 0 aliphatic heterocycles. The van der Waals surface area contributed by atoms with E-state index in [1.165, 1.54) is 0 Å². The maximum atomic E-state index is 11.2. The fraction of sp³-hybridized carbons (Fsp3) is 0.308. The first-order valence-corrected chi connectivity index (χ1v) is 8.17. The molecule has 1 N–H and O–H groups in total. The van der Waals surface area contributed by atoms with Gasteiger partial charge in [0, 0.05) is 24.8 Å². The average Bonchev–Trinajstić information content (AvgIpc) is 3.15. The fourth-order valence-corrected chi connectivity index (χ4v) is 3.37. The van der Waals surface area contributed by atoms with Crippen molar-refractivity contribution in [1.29, 1.82) is 0 Å². The van der Waals surface area contributed by atoms with Crippen LogP contribution in [0.25, 0.3) is 15.7 Å². The monoisotopic (exact) mass is 306 g/mol. The van der Waals surface area contributed by atoms with E-state index in [2.05, 4.69) is 15.4 Å². The second kappa shape index (κ2) is 5.72. The normalized spacial score (nSPS) is 11.1. The number of hydrogen-bond donors (Lipinski definition) is 1. The molecule has 0 saturated carbocycles. The summed E-state index contributed by atoms with van der Waals surface area (Å²) in [6, 6.07) is 4.02. The molecule has 0 spiro atoms. The first kappa shape index (κ1) is 13.3. The number of hydrogen-bond acceptors (Lipinski definition) is 5. The Morgan fingerprint density at radius 1 is 1.45 bits per heavy atom. The molecule has 0 aliphatic rings. The number of nitrogens with one attached hydrogen (secondary N) is 1. The van der Waals surface area contributed by atoms with Crippen molar-refractivity contribution >= 4 is 33.5 Å². The minimum absolute atomic E-state index is 0.0781. The molecule has 3 heterocycles. The van der Waals surface area contributed by atoms with E-state index in [-0.39, 0.29) is 5.91 Å². The van der Waals surface area contributed by atoms with Gasteiger partial charge in [-0.2, -0.15) is 4.98 Å². The summed E-state index contributed by atoms with van der Waals surface area (Å²) in [6.07, 6.45) is 1.28. The maximum absolute atomic E-state index is 11.2. The molecule has 7 heteroatoms. The van der Waals surface area contributed by atoms with Crippen LogP contribution in [-0.4, -0.2) is 27.0 Å². The summed E-state index contributed by atoms with van der Waals surface area (Å²) in [6.45, 7) is 2.48. The van der Waals surface area contributed by atoms with Crippen LogP contribution >= 0.6 is 22.7 Å². The molecule has 0 unspecified atom stereocenters. The molecule has 3 aromatic rings. The summed E-state index contributed by atoms with van der Waals surface area (Å²) in [5.41, 5.74) is 1.08. The van der Waals surface area contributed by atoms with Crippen LogP contribution < -0.4 is 5.32 Å². The lowest BCUT2D eigenvalue weighted by Gasteiger charge is -2.01. The van der Waals surface area contributed by atoms with E-state index in [9.17, 15) is 4.79 Å². The Morgan fingerprint density at radius 2 is 2.35 bits per heavy atom. The van der Waals surface area contributed by atoms with E-state index >= 15 is 0 Å². The van der Waals surface area contributed by atoms with Gasteiger partial charge >= 0.3 is 0 Å². The lowest BCUT2D eigenvalue weighted by Crippen LogP contribution is -2.24. The van der Waals surface area contributed by atoms with E-state index in [0.717, 1.165) is 27.8 Å². The zero-order valence-electron chi connectivity index (χ0n) is 11.0. The number of rotatable bonds is 5. The fourth-order valence-electron chi connectivity index (χ4n) is 1.86. The summed E-state index contributed by atoms with van der Waals surface area (Å²) in [5, 5.41) is 11.5. The molecule has 0 atom stereocenters. The summed E-state index contributed by atoms with van der Waals surface area (Å²) in [4.78, 5) is 17.7. The predicted molar refractivity (Wildman–Crippen MR) is 81.2 cm³/mol. The molecule has 3 rings (SSSR count). The number of carbonyl (C=O) groups is 1. The first-order valence-electron chi connectivity index (χ1n) is 6.41. The zero-order chi connectivity index (χ0) is 13.9. The van der Waals surface area contributed by atoms with Crippen LogP contribution in [0.4, 0.5) is 0 Å². The molecule has 0 fully saturated rings. The van der Waals surface area contributed by atoms with Crippen molar-refractivity contribution in [2.75, 3.05) is 6.54 Å². The molecule has 0 radical (unpaired) electrons. The lowest BCUT2D eigenvalue weighted by atomic mass is 10.3. The zero-order valence-corrected chi connectivity index (χ0v) is 12.6. The topological polar surface area (TPSA) is 59.3 Å². The molecule has 0 bridgehead atoms. The Hall–Kier alpha value is -1.73. The van der Waals surface area contributed by atoms with Crippen molar-refractivity contribution in [2.24, 2.45) is 0 Å². The minimum atomic E-state index is 0.0781. The van der Waals surface area contributed by atoms with Crippen LogP contribution in [0.5, 0.6) is 0 Å². The van der Waals surface area contributed by atoms with Crippen molar-refractivity contribution in [3.63, 3.8) is 0 Å². The molecule has 0 aliphatic carbocycles. The van der Waals surface area contributed by atoms with Crippen molar-refractivity contribution in [3.05, 3.63) is 28.6 Å². The number of thiophene rings is 1. The Balaban J connectivity index is 1.77. The Kier molecular flexibility index (Phi) is 3.79. The highest BCUT2D eigenvalue weighted by molar-refractivity contribution is 7.15.